The predicted octanol–water partition coefficient (Wildman–Crippen LogP) is 3.73. The van der Waals surface area contributed by atoms with E-state index in [0.717, 1.165) is 11.1 Å². The van der Waals surface area contributed by atoms with Crippen molar-refractivity contribution in [2.45, 2.75) is 37.7 Å². The number of hydrogen-bond donors (Lipinski definition) is 0. The van der Waals surface area contributed by atoms with E-state index in [4.69, 9.17) is 4.18 Å². The summed E-state index contributed by atoms with van der Waals surface area (Å²) in [6.45, 7) is 3.58. The normalized spacial score (nSPS) is 12.3. The van der Waals surface area contributed by atoms with Gasteiger partial charge in [0.25, 0.3) is 10.1 Å². The summed E-state index contributed by atoms with van der Waals surface area (Å²) in [4.78, 5) is 0.158. The molecular formula is C19H20O3S. The van der Waals surface area contributed by atoms with E-state index in [1.54, 1.807) is 31.2 Å². The largest absolute Gasteiger partial charge is 0.298 e. The van der Waals surface area contributed by atoms with E-state index in [1.807, 2.05) is 37.3 Å². The van der Waals surface area contributed by atoms with Crippen molar-refractivity contribution in [2.24, 2.45) is 0 Å². The topological polar surface area (TPSA) is 43.4 Å². The molecule has 0 radical (unpaired) electrons. The van der Waals surface area contributed by atoms with Crippen LogP contribution >= 0.6 is 0 Å². The van der Waals surface area contributed by atoms with Crippen LogP contribution in [0.3, 0.4) is 0 Å². The average Bonchev–Trinajstić information content (AvgIpc) is 2.54. The smallest absolute Gasteiger partial charge is 0.250 e. The van der Waals surface area contributed by atoms with Crippen molar-refractivity contribution in [1.82, 2.24) is 0 Å². The molecule has 0 aromatic heterocycles. The van der Waals surface area contributed by atoms with Crippen LogP contribution in [0.15, 0.2) is 59.5 Å². The Balaban J connectivity index is 2.08. The van der Waals surface area contributed by atoms with Crippen molar-refractivity contribution in [2.75, 3.05) is 0 Å². The molecule has 23 heavy (non-hydrogen) atoms. The van der Waals surface area contributed by atoms with E-state index in [0.29, 0.717) is 12.8 Å². The molecule has 0 aliphatic carbocycles. The van der Waals surface area contributed by atoms with Gasteiger partial charge in [0.05, 0.1) is 4.90 Å². The van der Waals surface area contributed by atoms with Crippen LogP contribution in [0.2, 0.25) is 0 Å². The molecule has 0 saturated carbocycles. The first kappa shape index (κ1) is 17.3. The predicted molar refractivity (Wildman–Crippen MR) is 91.5 cm³/mol. The fourth-order valence-electron chi connectivity index (χ4n) is 2.16. The Morgan fingerprint density at radius 3 is 2.30 bits per heavy atom. The molecule has 0 saturated heterocycles. The molecule has 4 heteroatoms. The van der Waals surface area contributed by atoms with E-state index < -0.39 is 16.2 Å². The lowest BCUT2D eigenvalue weighted by atomic mass is 10.1. The average molecular weight is 328 g/mol. The summed E-state index contributed by atoms with van der Waals surface area (Å²) in [5, 5.41) is 0. The highest BCUT2D eigenvalue weighted by atomic mass is 32.2. The van der Waals surface area contributed by atoms with Crippen LogP contribution < -0.4 is 0 Å². The maximum Gasteiger partial charge on any atom is 0.298 e. The molecule has 2 rings (SSSR count). The second-order valence-electron chi connectivity index (χ2n) is 5.27. The minimum atomic E-state index is -3.81. The number of hydrogen-bond acceptors (Lipinski definition) is 3. The first-order valence-electron chi connectivity index (χ1n) is 7.47. The summed E-state index contributed by atoms with van der Waals surface area (Å²) in [5.41, 5.74) is 2.13. The Bertz CT molecular complexity index is 782. The molecule has 0 aliphatic rings. The van der Waals surface area contributed by atoms with Gasteiger partial charge in [-0.25, -0.2) is 4.18 Å². The third-order valence-corrected chi connectivity index (χ3v) is 4.73. The highest BCUT2D eigenvalue weighted by molar-refractivity contribution is 7.86. The quantitative estimate of drug-likeness (QED) is 0.599. The molecule has 0 bridgehead atoms. The van der Waals surface area contributed by atoms with Gasteiger partial charge in [0.2, 0.25) is 0 Å². The van der Waals surface area contributed by atoms with Crippen molar-refractivity contribution < 1.29 is 12.6 Å². The first-order chi connectivity index (χ1) is 11.0. The van der Waals surface area contributed by atoms with Crippen molar-refractivity contribution in [3.63, 3.8) is 0 Å². The number of aryl methyl sites for hydroxylation is 2. The standard InChI is InChI=1S/C19H20O3S/c1-3-7-18(13-12-17-8-5-4-6-9-17)22-23(20,21)19-14-10-16(2)11-15-19/h4-6,8-11,14-15,18H,12-13H2,1-2H3. The maximum absolute atomic E-state index is 12.4. The van der Waals surface area contributed by atoms with E-state index in [1.165, 1.54) is 0 Å². The van der Waals surface area contributed by atoms with Gasteiger partial charge in [-0.3, -0.25) is 0 Å². The van der Waals surface area contributed by atoms with Crippen molar-refractivity contribution in [3.05, 3.63) is 65.7 Å². The molecule has 0 aliphatic heterocycles. The van der Waals surface area contributed by atoms with Crippen molar-refractivity contribution in [3.8, 4) is 11.8 Å². The van der Waals surface area contributed by atoms with Gasteiger partial charge in [0, 0.05) is 0 Å². The molecule has 120 valence electrons. The highest BCUT2D eigenvalue weighted by Crippen LogP contribution is 2.17. The summed E-state index contributed by atoms with van der Waals surface area (Å²) < 4.78 is 30.0. The lowest BCUT2D eigenvalue weighted by Gasteiger charge is -2.13. The molecule has 0 fully saturated rings. The van der Waals surface area contributed by atoms with Gasteiger partial charge in [0.1, 0.15) is 6.10 Å². The zero-order valence-electron chi connectivity index (χ0n) is 13.3. The van der Waals surface area contributed by atoms with Gasteiger partial charge in [-0.05, 0) is 44.4 Å². The molecule has 3 nitrogen and oxygen atoms in total. The Morgan fingerprint density at radius 1 is 1.04 bits per heavy atom. The first-order valence-corrected chi connectivity index (χ1v) is 8.88. The summed E-state index contributed by atoms with van der Waals surface area (Å²) in [6, 6.07) is 16.5. The van der Waals surface area contributed by atoms with Crippen LogP contribution in [-0.4, -0.2) is 14.5 Å². The van der Waals surface area contributed by atoms with E-state index in [-0.39, 0.29) is 4.90 Å². The molecule has 0 amide bonds. The van der Waals surface area contributed by atoms with Gasteiger partial charge in [0.15, 0.2) is 0 Å². The Labute approximate surface area is 138 Å². The van der Waals surface area contributed by atoms with Crippen LogP contribution in [0, 0.1) is 18.8 Å². The summed E-state index contributed by atoms with van der Waals surface area (Å²) in [5.74, 6) is 5.59. The number of benzene rings is 2. The van der Waals surface area contributed by atoms with Crippen LogP contribution in [0.4, 0.5) is 0 Å². The Kier molecular flexibility index (Phi) is 5.97. The van der Waals surface area contributed by atoms with Gasteiger partial charge in [-0.1, -0.05) is 53.9 Å². The minimum Gasteiger partial charge on any atom is -0.250 e. The lowest BCUT2D eigenvalue weighted by Crippen LogP contribution is -2.18. The van der Waals surface area contributed by atoms with Crippen LogP contribution in [0.25, 0.3) is 0 Å². The third kappa shape index (κ3) is 5.24. The van der Waals surface area contributed by atoms with Crippen LogP contribution in [0.1, 0.15) is 24.5 Å². The molecule has 2 aromatic carbocycles. The summed E-state index contributed by atoms with van der Waals surface area (Å²) in [6.07, 6.45) is 0.589. The molecular weight excluding hydrogens is 308 g/mol. The number of rotatable bonds is 6. The second kappa shape index (κ2) is 7.96. The van der Waals surface area contributed by atoms with E-state index in [9.17, 15) is 8.42 Å². The molecule has 0 spiro atoms. The Morgan fingerprint density at radius 2 is 1.70 bits per heavy atom. The van der Waals surface area contributed by atoms with Crippen LogP contribution in [-0.2, 0) is 20.7 Å². The van der Waals surface area contributed by atoms with Crippen LogP contribution in [0.5, 0.6) is 0 Å². The van der Waals surface area contributed by atoms with Gasteiger partial charge in [-0.2, -0.15) is 8.42 Å². The third-order valence-electron chi connectivity index (χ3n) is 3.40. The SMILES string of the molecule is CC#CC(CCc1ccccc1)OS(=O)(=O)c1ccc(C)cc1. The van der Waals surface area contributed by atoms with Gasteiger partial charge in [-0.15, -0.1) is 5.92 Å². The fraction of sp³-hybridized carbons (Fsp3) is 0.263. The molecule has 0 heterocycles. The monoisotopic (exact) mass is 328 g/mol. The molecule has 1 unspecified atom stereocenters. The minimum absolute atomic E-state index is 0.158. The molecule has 2 aromatic rings. The van der Waals surface area contributed by atoms with E-state index >= 15 is 0 Å². The lowest BCUT2D eigenvalue weighted by molar-refractivity contribution is 0.254. The Hall–Kier alpha value is -2.09. The highest BCUT2D eigenvalue weighted by Gasteiger charge is 2.20. The zero-order valence-corrected chi connectivity index (χ0v) is 14.1. The zero-order chi connectivity index (χ0) is 16.7. The fourth-order valence-corrected chi connectivity index (χ4v) is 3.19. The molecule has 1 atom stereocenters. The van der Waals surface area contributed by atoms with Crippen molar-refractivity contribution in [1.29, 1.82) is 0 Å². The van der Waals surface area contributed by atoms with Gasteiger partial charge >= 0.3 is 0 Å². The summed E-state index contributed by atoms with van der Waals surface area (Å²) >= 11 is 0. The van der Waals surface area contributed by atoms with Crippen molar-refractivity contribution >= 4 is 10.1 Å². The second-order valence-corrected chi connectivity index (χ2v) is 6.84. The summed E-state index contributed by atoms with van der Waals surface area (Å²) in [7, 11) is -3.81. The van der Waals surface area contributed by atoms with Gasteiger partial charge < -0.3 is 0 Å². The molecule has 0 N–H and O–H groups in total. The van der Waals surface area contributed by atoms with E-state index in [2.05, 4.69) is 11.8 Å². The maximum atomic E-state index is 12.4.